The number of hydrogen-bond donors (Lipinski definition) is 1. The predicted octanol–water partition coefficient (Wildman–Crippen LogP) is 3.50. The largest absolute Gasteiger partial charge is 0.484 e. The van der Waals surface area contributed by atoms with Gasteiger partial charge in [-0.15, -0.1) is 0 Å². The molecular weight excluding hydrogens is 356 g/mol. The van der Waals surface area contributed by atoms with E-state index >= 15 is 0 Å². The van der Waals surface area contributed by atoms with E-state index in [-0.39, 0.29) is 24.3 Å². The van der Waals surface area contributed by atoms with Crippen LogP contribution >= 0.6 is 0 Å². The second-order valence-corrected chi connectivity index (χ2v) is 6.19. The molecule has 0 bridgehead atoms. The zero-order valence-electron chi connectivity index (χ0n) is 14.8. The first-order valence-electron chi connectivity index (χ1n) is 8.69. The fraction of sp³-hybridized carbons (Fsp3) is 0.0455. The summed E-state index contributed by atoms with van der Waals surface area (Å²) in [6.45, 7) is -0.152. The molecule has 0 aliphatic carbocycles. The van der Waals surface area contributed by atoms with Crippen molar-refractivity contribution in [2.75, 3.05) is 16.8 Å². The van der Waals surface area contributed by atoms with Crippen LogP contribution < -0.4 is 15.0 Å². The molecule has 1 N–H and O–H groups in total. The van der Waals surface area contributed by atoms with Crippen LogP contribution in [-0.4, -0.2) is 24.3 Å². The maximum absolute atomic E-state index is 12.6. The van der Waals surface area contributed by atoms with Gasteiger partial charge in [0, 0.05) is 5.69 Å². The Morgan fingerprint density at radius 2 is 1.46 bits per heavy atom. The molecule has 6 heteroatoms. The molecule has 0 fully saturated rings. The fourth-order valence-corrected chi connectivity index (χ4v) is 3.01. The second-order valence-electron chi connectivity index (χ2n) is 6.19. The molecule has 0 unspecified atom stereocenters. The van der Waals surface area contributed by atoms with Crippen LogP contribution in [-0.2, 0) is 4.79 Å². The molecule has 1 heterocycles. The van der Waals surface area contributed by atoms with E-state index in [9.17, 15) is 14.4 Å². The lowest BCUT2D eigenvalue weighted by molar-refractivity contribution is -0.118. The highest BCUT2D eigenvalue weighted by Crippen LogP contribution is 2.29. The Kier molecular flexibility index (Phi) is 4.60. The Morgan fingerprint density at radius 1 is 0.821 bits per heavy atom. The molecule has 4 rings (SSSR count). The zero-order chi connectivity index (χ0) is 19.5. The van der Waals surface area contributed by atoms with E-state index in [4.69, 9.17) is 4.74 Å². The van der Waals surface area contributed by atoms with Crippen LogP contribution in [0, 0.1) is 0 Å². The number of amides is 3. The number of fused-ring (bicyclic) bond motifs is 1. The number of rotatable bonds is 5. The van der Waals surface area contributed by atoms with Crippen molar-refractivity contribution in [3.63, 3.8) is 0 Å². The molecule has 0 atom stereocenters. The van der Waals surface area contributed by atoms with Gasteiger partial charge in [-0.1, -0.05) is 36.4 Å². The Bertz CT molecular complexity index is 1030. The van der Waals surface area contributed by atoms with E-state index in [1.807, 2.05) is 18.2 Å². The summed E-state index contributed by atoms with van der Waals surface area (Å²) in [5.74, 6) is -0.506. The van der Waals surface area contributed by atoms with Gasteiger partial charge in [0.25, 0.3) is 17.7 Å². The van der Waals surface area contributed by atoms with Gasteiger partial charge < -0.3 is 10.1 Å². The average Bonchev–Trinajstić information content (AvgIpc) is 2.98. The van der Waals surface area contributed by atoms with E-state index in [1.165, 1.54) is 0 Å². The average molecular weight is 372 g/mol. The quantitative estimate of drug-likeness (QED) is 0.696. The molecule has 3 amide bonds. The van der Waals surface area contributed by atoms with Gasteiger partial charge in [-0.3, -0.25) is 14.4 Å². The highest BCUT2D eigenvalue weighted by Gasteiger charge is 2.36. The third-order valence-corrected chi connectivity index (χ3v) is 4.30. The topological polar surface area (TPSA) is 75.7 Å². The third kappa shape index (κ3) is 3.35. The van der Waals surface area contributed by atoms with Crippen LogP contribution in [0.15, 0.2) is 78.9 Å². The summed E-state index contributed by atoms with van der Waals surface area (Å²) < 4.78 is 5.42. The Morgan fingerprint density at radius 3 is 2.14 bits per heavy atom. The van der Waals surface area contributed by atoms with Crippen LogP contribution in [0.25, 0.3) is 0 Å². The van der Waals surface area contributed by atoms with Crippen molar-refractivity contribution in [1.82, 2.24) is 0 Å². The van der Waals surface area contributed by atoms with Gasteiger partial charge in [0.2, 0.25) is 0 Å². The summed E-state index contributed by atoms with van der Waals surface area (Å²) in [6.07, 6.45) is 0. The Labute approximate surface area is 161 Å². The van der Waals surface area contributed by atoms with Gasteiger partial charge in [-0.05, 0) is 42.5 Å². The lowest BCUT2D eigenvalue weighted by Crippen LogP contribution is -2.29. The summed E-state index contributed by atoms with van der Waals surface area (Å²) in [5, 5.41) is 2.71. The van der Waals surface area contributed by atoms with Crippen LogP contribution in [0.1, 0.15) is 20.7 Å². The maximum atomic E-state index is 12.6. The summed E-state index contributed by atoms with van der Waals surface area (Å²) in [4.78, 5) is 38.5. The SMILES string of the molecule is O=C(COc1ccccc1)Nc1cccc(N2C(=O)c3ccccc3C2=O)c1. The smallest absolute Gasteiger partial charge is 0.266 e. The highest BCUT2D eigenvalue weighted by molar-refractivity contribution is 6.34. The number of anilines is 2. The van der Waals surface area contributed by atoms with E-state index in [2.05, 4.69) is 5.32 Å². The Hall–Kier alpha value is -3.93. The zero-order valence-corrected chi connectivity index (χ0v) is 14.8. The molecule has 0 saturated heterocycles. The maximum Gasteiger partial charge on any atom is 0.266 e. The molecule has 0 saturated carbocycles. The van der Waals surface area contributed by atoms with Crippen molar-refractivity contribution < 1.29 is 19.1 Å². The first kappa shape index (κ1) is 17.5. The van der Waals surface area contributed by atoms with Crippen LogP contribution in [0.5, 0.6) is 5.75 Å². The first-order valence-corrected chi connectivity index (χ1v) is 8.69. The minimum Gasteiger partial charge on any atom is -0.484 e. The number of nitrogens with one attached hydrogen (secondary N) is 1. The minimum atomic E-state index is -0.378. The van der Waals surface area contributed by atoms with Gasteiger partial charge in [0.1, 0.15) is 5.75 Å². The number of carbonyl (C=O) groups excluding carboxylic acids is 3. The molecule has 0 spiro atoms. The third-order valence-electron chi connectivity index (χ3n) is 4.30. The molecule has 3 aromatic rings. The van der Waals surface area contributed by atoms with Gasteiger partial charge >= 0.3 is 0 Å². The number of benzene rings is 3. The molecule has 0 aromatic heterocycles. The van der Waals surface area contributed by atoms with Gasteiger partial charge in [-0.25, -0.2) is 4.90 Å². The second kappa shape index (κ2) is 7.36. The summed E-state index contributed by atoms with van der Waals surface area (Å²) in [7, 11) is 0. The standard InChI is InChI=1S/C22H16N2O4/c25-20(14-28-17-9-2-1-3-10-17)23-15-7-6-8-16(13-15)24-21(26)18-11-4-5-12-19(18)22(24)27/h1-13H,14H2,(H,23,25). The normalized spacial score (nSPS) is 12.6. The number of imide groups is 1. The van der Waals surface area contributed by atoms with Gasteiger partial charge in [-0.2, -0.15) is 0 Å². The molecule has 6 nitrogen and oxygen atoms in total. The molecular formula is C22H16N2O4. The number of para-hydroxylation sites is 1. The first-order chi connectivity index (χ1) is 13.6. The van der Waals surface area contributed by atoms with E-state index < -0.39 is 0 Å². The molecule has 1 aliphatic heterocycles. The lowest BCUT2D eigenvalue weighted by atomic mass is 10.1. The highest BCUT2D eigenvalue weighted by atomic mass is 16.5. The molecule has 1 aliphatic rings. The molecule has 138 valence electrons. The summed E-state index contributed by atoms with van der Waals surface area (Å²) in [6, 6.07) is 22.3. The van der Waals surface area contributed by atoms with Crippen molar-refractivity contribution in [3.8, 4) is 5.75 Å². The number of ether oxygens (including phenoxy) is 1. The van der Waals surface area contributed by atoms with Gasteiger partial charge in [0.15, 0.2) is 6.61 Å². The number of nitrogens with zero attached hydrogens (tertiary/aromatic N) is 1. The lowest BCUT2D eigenvalue weighted by Gasteiger charge is -2.15. The molecule has 0 radical (unpaired) electrons. The van der Waals surface area contributed by atoms with Crippen LogP contribution in [0.4, 0.5) is 11.4 Å². The predicted molar refractivity (Wildman–Crippen MR) is 105 cm³/mol. The summed E-state index contributed by atoms with van der Waals surface area (Å²) in [5.41, 5.74) is 1.61. The van der Waals surface area contributed by atoms with Crippen molar-refractivity contribution in [2.45, 2.75) is 0 Å². The van der Waals surface area contributed by atoms with Crippen LogP contribution in [0.3, 0.4) is 0 Å². The molecule has 3 aromatic carbocycles. The van der Waals surface area contributed by atoms with Crippen molar-refractivity contribution in [2.24, 2.45) is 0 Å². The molecule has 28 heavy (non-hydrogen) atoms. The van der Waals surface area contributed by atoms with Crippen molar-refractivity contribution >= 4 is 29.1 Å². The minimum absolute atomic E-state index is 0.152. The van der Waals surface area contributed by atoms with Crippen LogP contribution in [0.2, 0.25) is 0 Å². The van der Waals surface area contributed by atoms with E-state index in [0.29, 0.717) is 28.3 Å². The number of carbonyl (C=O) groups is 3. The summed E-state index contributed by atoms with van der Waals surface area (Å²) >= 11 is 0. The van der Waals surface area contributed by atoms with E-state index in [1.54, 1.807) is 60.7 Å². The fourth-order valence-electron chi connectivity index (χ4n) is 3.01. The monoisotopic (exact) mass is 372 g/mol. The van der Waals surface area contributed by atoms with Crippen molar-refractivity contribution in [1.29, 1.82) is 0 Å². The number of hydrogen-bond acceptors (Lipinski definition) is 4. The van der Waals surface area contributed by atoms with Gasteiger partial charge in [0.05, 0.1) is 16.8 Å². The van der Waals surface area contributed by atoms with E-state index in [0.717, 1.165) is 4.90 Å². The Balaban J connectivity index is 1.47. The van der Waals surface area contributed by atoms with Crippen molar-refractivity contribution in [3.05, 3.63) is 90.0 Å².